The first-order valence-corrected chi connectivity index (χ1v) is 19.8. The zero-order chi connectivity index (χ0) is 42.7. The van der Waals surface area contributed by atoms with Gasteiger partial charge >= 0.3 is 6.09 Å². The number of H-pyrrole nitrogens is 1. The number of aromatic amines is 1. The molecule has 2 aromatic carbocycles. The van der Waals surface area contributed by atoms with Gasteiger partial charge in [-0.2, -0.15) is 5.21 Å². The van der Waals surface area contributed by atoms with E-state index in [0.717, 1.165) is 28.8 Å². The van der Waals surface area contributed by atoms with Crippen LogP contribution in [0.15, 0.2) is 60.8 Å². The fourth-order valence-electron chi connectivity index (χ4n) is 7.33. The second kappa shape index (κ2) is 20.1. The number of anilines is 1. The van der Waals surface area contributed by atoms with Crippen molar-refractivity contribution in [1.29, 1.82) is 0 Å². The Labute approximate surface area is 343 Å². The number of amides is 4. The average molecular weight is 811 g/mol. The van der Waals surface area contributed by atoms with Gasteiger partial charge in [0.2, 0.25) is 11.7 Å². The topological polar surface area (TPSA) is 239 Å². The van der Waals surface area contributed by atoms with Crippen LogP contribution in [0.2, 0.25) is 0 Å². The summed E-state index contributed by atoms with van der Waals surface area (Å²) in [4.78, 5) is 69.7. The number of piperazine rings is 1. The molecular formula is C42H54N10O7. The van der Waals surface area contributed by atoms with Crippen LogP contribution >= 0.6 is 0 Å². The predicted octanol–water partition coefficient (Wildman–Crippen LogP) is 4.13. The van der Waals surface area contributed by atoms with Crippen LogP contribution in [-0.2, 0) is 25.5 Å². The van der Waals surface area contributed by atoms with Gasteiger partial charge in [-0.25, -0.2) is 9.69 Å². The quantitative estimate of drug-likeness (QED) is 0.142. The van der Waals surface area contributed by atoms with E-state index in [2.05, 4.69) is 43.2 Å². The highest BCUT2D eigenvalue weighted by atomic mass is 16.6. The Bertz CT molecular complexity index is 2050. The van der Waals surface area contributed by atoms with Gasteiger partial charge in [0.15, 0.2) is 0 Å². The second-order valence-electron chi connectivity index (χ2n) is 16.0. The van der Waals surface area contributed by atoms with E-state index in [0.29, 0.717) is 68.1 Å². The maximum atomic E-state index is 14.2. The van der Waals surface area contributed by atoms with E-state index < -0.39 is 23.6 Å². The summed E-state index contributed by atoms with van der Waals surface area (Å²) in [5.74, 6) is -0.685. The molecule has 0 radical (unpaired) electrons. The van der Waals surface area contributed by atoms with Crippen molar-refractivity contribution >= 4 is 36.0 Å². The highest BCUT2D eigenvalue weighted by Gasteiger charge is 2.35. The molecule has 1 saturated heterocycles. The zero-order valence-corrected chi connectivity index (χ0v) is 34.2. The summed E-state index contributed by atoms with van der Waals surface area (Å²) in [6, 6.07) is 15.7. The molecule has 2 atom stereocenters. The van der Waals surface area contributed by atoms with Crippen LogP contribution in [0.25, 0.3) is 22.5 Å². The lowest BCUT2D eigenvalue weighted by Crippen LogP contribution is -2.51. The molecule has 2 fully saturated rings. The largest absolute Gasteiger partial charge is 0.483 e. The number of nitrogens with one attached hydrogen (secondary N) is 3. The Hall–Kier alpha value is -6.07. The summed E-state index contributed by atoms with van der Waals surface area (Å²) in [7, 11) is 0. The molecule has 1 saturated carbocycles. The van der Waals surface area contributed by atoms with Crippen molar-refractivity contribution in [3.8, 4) is 22.5 Å². The van der Waals surface area contributed by atoms with Crippen LogP contribution in [0.1, 0.15) is 75.0 Å². The summed E-state index contributed by atoms with van der Waals surface area (Å²) in [6.07, 6.45) is 4.05. The number of rotatable bonds is 10. The number of nitrogens with zero attached hydrogens (tertiary/aromatic N) is 6. The van der Waals surface area contributed by atoms with E-state index in [4.69, 9.17) is 20.4 Å². The summed E-state index contributed by atoms with van der Waals surface area (Å²) >= 11 is 0. The van der Waals surface area contributed by atoms with Crippen LogP contribution in [-0.4, -0.2) is 110 Å². The molecule has 2 aliphatic rings. The number of nitrogens with two attached hydrogens (primary N) is 1. The number of tetrazole rings is 1. The van der Waals surface area contributed by atoms with Gasteiger partial charge in [-0.05, 0) is 125 Å². The summed E-state index contributed by atoms with van der Waals surface area (Å²) in [6.45, 7) is 11.7. The number of benzene rings is 2. The lowest BCUT2D eigenvalue weighted by Gasteiger charge is -2.32. The van der Waals surface area contributed by atoms with E-state index in [1.54, 1.807) is 30.5 Å². The zero-order valence-electron chi connectivity index (χ0n) is 34.2. The fraction of sp³-hybridized carbons (Fsp3) is 0.452. The molecule has 3 heterocycles. The van der Waals surface area contributed by atoms with Gasteiger partial charge in [-0.15, -0.1) is 10.2 Å². The summed E-state index contributed by atoms with van der Waals surface area (Å²) < 4.78 is 5.36. The van der Waals surface area contributed by atoms with E-state index in [1.807, 2.05) is 62.9 Å². The van der Waals surface area contributed by atoms with E-state index in [9.17, 15) is 19.2 Å². The first kappa shape index (κ1) is 44.0. The molecule has 4 aromatic rings. The Balaban J connectivity index is 0.00000214. The number of alkyl carbamates (subject to hydrolysis) is 1. The number of ether oxygens (including phenoxy) is 1. The Morgan fingerprint density at radius 2 is 1.71 bits per heavy atom. The number of aryl methyl sites for hydroxylation is 1. The first-order valence-electron chi connectivity index (χ1n) is 19.8. The molecule has 0 bridgehead atoms. The van der Waals surface area contributed by atoms with Crippen LogP contribution < -0.4 is 21.3 Å². The normalized spacial score (nSPS) is 18.4. The van der Waals surface area contributed by atoms with Crippen molar-refractivity contribution in [2.24, 2.45) is 17.6 Å². The molecule has 0 spiro atoms. The Morgan fingerprint density at radius 3 is 2.31 bits per heavy atom. The highest BCUT2D eigenvalue weighted by molar-refractivity contribution is 6.17. The molecule has 17 heteroatoms. The van der Waals surface area contributed by atoms with Gasteiger partial charge in [0.05, 0.1) is 11.7 Å². The van der Waals surface area contributed by atoms with Crippen molar-refractivity contribution in [3.63, 3.8) is 0 Å². The molecule has 6 N–H and O–H groups in total. The molecule has 59 heavy (non-hydrogen) atoms. The summed E-state index contributed by atoms with van der Waals surface area (Å²) in [5.41, 5.74) is 11.1. The molecule has 1 aliphatic carbocycles. The lowest BCUT2D eigenvalue weighted by molar-refractivity contribution is -0.130. The maximum absolute atomic E-state index is 14.2. The van der Waals surface area contributed by atoms with Crippen molar-refractivity contribution < 1.29 is 33.8 Å². The molecule has 2 aromatic heterocycles. The van der Waals surface area contributed by atoms with Crippen molar-refractivity contribution in [2.45, 2.75) is 84.4 Å². The molecule has 17 nitrogen and oxygen atoms in total. The van der Waals surface area contributed by atoms with Crippen LogP contribution in [0.4, 0.5) is 10.5 Å². The molecule has 1 aliphatic heterocycles. The molecule has 6 rings (SSSR count). The number of imide groups is 1. The van der Waals surface area contributed by atoms with Gasteiger partial charge in [0.25, 0.3) is 18.3 Å². The van der Waals surface area contributed by atoms with Gasteiger partial charge in [-0.3, -0.25) is 24.2 Å². The predicted molar refractivity (Wildman–Crippen MR) is 220 cm³/mol. The highest BCUT2D eigenvalue weighted by Crippen LogP contribution is 2.32. The van der Waals surface area contributed by atoms with E-state index in [1.165, 1.54) is 4.90 Å². The lowest BCUT2D eigenvalue weighted by atomic mass is 9.81. The van der Waals surface area contributed by atoms with Crippen LogP contribution in [0.5, 0.6) is 0 Å². The first-order chi connectivity index (χ1) is 28.2. The number of hydrogen-bond acceptors (Lipinski definition) is 12. The van der Waals surface area contributed by atoms with Gasteiger partial charge in [0.1, 0.15) is 11.3 Å². The Kier molecular flexibility index (Phi) is 15.0. The molecule has 4 amide bonds. The number of pyridine rings is 1. The third-order valence-corrected chi connectivity index (χ3v) is 10.3. The van der Waals surface area contributed by atoms with Crippen molar-refractivity contribution in [1.82, 2.24) is 41.1 Å². The van der Waals surface area contributed by atoms with Gasteiger partial charge < -0.3 is 31.1 Å². The molecular weight excluding hydrogens is 757 g/mol. The third-order valence-electron chi connectivity index (χ3n) is 10.3. The molecule has 314 valence electrons. The van der Waals surface area contributed by atoms with Crippen LogP contribution in [0.3, 0.4) is 0 Å². The van der Waals surface area contributed by atoms with Gasteiger partial charge in [0, 0.05) is 55.5 Å². The number of carboxylic acid groups (broad SMARTS) is 1. The third kappa shape index (κ3) is 12.0. The second-order valence-corrected chi connectivity index (χ2v) is 16.0. The molecule has 1 unspecified atom stereocenters. The number of hydrogen-bond donors (Lipinski definition) is 5. The van der Waals surface area contributed by atoms with Crippen molar-refractivity contribution in [3.05, 3.63) is 77.6 Å². The summed E-state index contributed by atoms with van der Waals surface area (Å²) in [5, 5.41) is 27.2. The Morgan fingerprint density at radius 1 is 1.05 bits per heavy atom. The standard InChI is InChI=1S/C41H52N10O5.CH2O2/c1-25-20-35(39(54)50-19-18-43-26(2)24-50)44-23-33(25)29-10-6-27(7-11-29)21-34(42)38(53)51(32-16-14-30(15-17-32)36-46-48-49-47-36)37(52)31-12-8-28(9-13-31)22-45-40(55)56-41(3,4)5;2-1-3/h6-7,10-11,14-17,20,23,26,28,31,34,43H,8-9,12-13,18-19,21-22,24,42H2,1-5H3,(H,45,55)(H,46,47,48,49);1H,(H,2,3)/t26?,28?,31?,34-;/m0./s1. The van der Waals surface area contributed by atoms with Crippen molar-refractivity contribution in [2.75, 3.05) is 31.1 Å². The SMILES string of the molecule is Cc1cc(C(=O)N2CCNC(C)C2)ncc1-c1ccc(C[C@H](N)C(=O)N(C(=O)C2CCC(CNC(=O)OC(C)(C)C)CC2)c2ccc(-c3nn[nH]n3)cc2)cc1.O=CO. The number of carbonyl (C=O) groups excluding carboxylic acids is 4. The maximum Gasteiger partial charge on any atom is 0.407 e. The van der Waals surface area contributed by atoms with Crippen LogP contribution in [0, 0.1) is 18.8 Å². The number of aromatic nitrogens is 5. The minimum Gasteiger partial charge on any atom is -0.483 e. The fourth-order valence-corrected chi connectivity index (χ4v) is 7.33. The minimum atomic E-state index is -1.00. The average Bonchev–Trinajstić information content (AvgIpc) is 3.76. The number of carbonyl (C=O) groups is 5. The minimum absolute atomic E-state index is 0.0716. The monoisotopic (exact) mass is 810 g/mol. The van der Waals surface area contributed by atoms with Gasteiger partial charge in [-0.1, -0.05) is 24.3 Å². The van der Waals surface area contributed by atoms with E-state index in [-0.39, 0.29) is 42.6 Å². The smallest absolute Gasteiger partial charge is 0.407 e. The van der Waals surface area contributed by atoms with E-state index >= 15 is 0 Å².